The molecule has 0 saturated carbocycles. The Labute approximate surface area is 126 Å². The molecule has 6 heteroatoms. The summed E-state index contributed by atoms with van der Waals surface area (Å²) < 4.78 is 0.737. The number of anilines is 1. The van der Waals surface area contributed by atoms with Crippen molar-refractivity contribution in [1.82, 2.24) is 0 Å². The molecule has 2 rings (SSSR count). The molecule has 0 fully saturated rings. The van der Waals surface area contributed by atoms with Crippen LogP contribution in [-0.4, -0.2) is 4.92 Å². The summed E-state index contributed by atoms with van der Waals surface area (Å²) in [6.07, 6.45) is 0.645. The van der Waals surface area contributed by atoms with Crippen molar-refractivity contribution in [3.05, 3.63) is 55.2 Å². The van der Waals surface area contributed by atoms with Crippen molar-refractivity contribution in [2.45, 2.75) is 26.3 Å². The van der Waals surface area contributed by atoms with Gasteiger partial charge in [0.2, 0.25) is 0 Å². The molecular formula is C14H15ClN2O2S. The first-order valence-electron chi connectivity index (χ1n) is 6.29. The Morgan fingerprint density at radius 2 is 2.20 bits per heavy atom. The summed E-state index contributed by atoms with van der Waals surface area (Å²) in [5.74, 6) is 0. The number of benzene rings is 1. The number of hydrogen-bond acceptors (Lipinski definition) is 4. The zero-order valence-corrected chi connectivity index (χ0v) is 12.8. The van der Waals surface area contributed by atoms with Gasteiger partial charge in [-0.05, 0) is 36.4 Å². The van der Waals surface area contributed by atoms with Gasteiger partial charge in [-0.2, -0.15) is 0 Å². The number of nitrogens with one attached hydrogen (secondary N) is 1. The van der Waals surface area contributed by atoms with Gasteiger partial charge in [-0.15, -0.1) is 11.3 Å². The predicted octanol–water partition coefficient (Wildman–Crippen LogP) is 5.05. The number of nitro groups is 1. The maximum atomic E-state index is 11.1. The molecule has 1 aromatic carbocycles. The highest BCUT2D eigenvalue weighted by Crippen LogP contribution is 2.29. The number of aryl methyl sites for hydroxylation is 1. The van der Waals surface area contributed by atoms with Crippen LogP contribution in [0.1, 0.15) is 31.0 Å². The van der Waals surface area contributed by atoms with Crippen LogP contribution < -0.4 is 5.32 Å². The highest BCUT2D eigenvalue weighted by molar-refractivity contribution is 7.14. The highest BCUT2D eigenvalue weighted by atomic mass is 35.5. The molecule has 0 aliphatic carbocycles. The minimum atomic E-state index is -0.337. The smallest absolute Gasteiger partial charge is 0.274 e. The average Bonchev–Trinajstić information content (AvgIpc) is 2.85. The number of nitro benzene ring substituents is 1. The van der Waals surface area contributed by atoms with Crippen LogP contribution >= 0.6 is 22.9 Å². The largest absolute Gasteiger partial charge is 0.378 e. The van der Waals surface area contributed by atoms with Gasteiger partial charge in [-0.25, -0.2) is 0 Å². The molecule has 0 amide bonds. The summed E-state index contributed by atoms with van der Waals surface area (Å²) in [6, 6.07) is 7.21. The van der Waals surface area contributed by atoms with E-state index < -0.39 is 0 Å². The molecule has 1 aromatic heterocycles. The zero-order chi connectivity index (χ0) is 14.7. The maximum Gasteiger partial charge on any atom is 0.274 e. The lowest BCUT2D eigenvalue weighted by atomic mass is 10.1. The minimum Gasteiger partial charge on any atom is -0.378 e. The molecule has 0 spiro atoms. The van der Waals surface area contributed by atoms with Crippen LogP contribution in [0.5, 0.6) is 0 Å². The molecule has 0 bridgehead atoms. The van der Waals surface area contributed by atoms with Crippen LogP contribution in [0.15, 0.2) is 29.6 Å². The Morgan fingerprint density at radius 1 is 1.45 bits per heavy atom. The molecule has 1 heterocycles. The fraction of sp³-hybridized carbons (Fsp3) is 0.286. The number of thiophene rings is 1. The SMILES string of the molecule is CCc1ccc(NC(C)c2csc(Cl)c2)cc1[N+](=O)[O-]. The van der Waals surface area contributed by atoms with E-state index in [2.05, 4.69) is 5.32 Å². The third-order valence-corrected chi connectivity index (χ3v) is 4.24. The van der Waals surface area contributed by atoms with Gasteiger partial charge in [0.25, 0.3) is 5.69 Å². The van der Waals surface area contributed by atoms with Crippen LogP contribution in [0.2, 0.25) is 4.34 Å². The lowest BCUT2D eigenvalue weighted by Gasteiger charge is -2.14. The first-order chi connectivity index (χ1) is 9.51. The summed E-state index contributed by atoms with van der Waals surface area (Å²) in [7, 11) is 0. The van der Waals surface area contributed by atoms with Gasteiger partial charge < -0.3 is 5.32 Å². The summed E-state index contributed by atoms with van der Waals surface area (Å²) in [6.45, 7) is 3.91. The van der Waals surface area contributed by atoms with E-state index >= 15 is 0 Å². The van der Waals surface area contributed by atoms with Gasteiger partial charge in [0.05, 0.1) is 9.26 Å². The molecule has 0 aliphatic rings. The quantitative estimate of drug-likeness (QED) is 0.621. The monoisotopic (exact) mass is 310 g/mol. The summed E-state index contributed by atoms with van der Waals surface area (Å²) >= 11 is 7.39. The normalized spacial score (nSPS) is 12.2. The Balaban J connectivity index is 2.21. The molecular weight excluding hydrogens is 296 g/mol. The van der Waals surface area contributed by atoms with Crippen LogP contribution in [-0.2, 0) is 6.42 Å². The maximum absolute atomic E-state index is 11.1. The highest BCUT2D eigenvalue weighted by Gasteiger charge is 2.14. The van der Waals surface area contributed by atoms with Gasteiger partial charge in [0.1, 0.15) is 0 Å². The van der Waals surface area contributed by atoms with E-state index in [-0.39, 0.29) is 16.7 Å². The van der Waals surface area contributed by atoms with Crippen molar-refractivity contribution < 1.29 is 4.92 Å². The lowest BCUT2D eigenvalue weighted by molar-refractivity contribution is -0.385. The molecule has 106 valence electrons. The molecule has 2 aromatic rings. The van der Waals surface area contributed by atoms with E-state index in [9.17, 15) is 10.1 Å². The van der Waals surface area contributed by atoms with E-state index in [1.807, 2.05) is 31.4 Å². The number of halogens is 1. The molecule has 0 radical (unpaired) electrons. The second-order valence-corrected chi connectivity index (χ2v) is 6.05. The van der Waals surface area contributed by atoms with Gasteiger partial charge in [-0.3, -0.25) is 10.1 Å². The van der Waals surface area contributed by atoms with E-state index in [1.165, 1.54) is 11.3 Å². The van der Waals surface area contributed by atoms with Crippen LogP contribution in [0, 0.1) is 10.1 Å². The lowest BCUT2D eigenvalue weighted by Crippen LogP contribution is -2.06. The molecule has 1 atom stereocenters. The van der Waals surface area contributed by atoms with Gasteiger partial charge >= 0.3 is 0 Å². The Morgan fingerprint density at radius 3 is 2.75 bits per heavy atom. The molecule has 4 nitrogen and oxygen atoms in total. The van der Waals surface area contributed by atoms with Gasteiger partial charge in [0, 0.05) is 23.4 Å². The minimum absolute atomic E-state index is 0.0471. The summed E-state index contributed by atoms with van der Waals surface area (Å²) in [5.41, 5.74) is 2.71. The van der Waals surface area contributed by atoms with Crippen LogP contribution in [0.3, 0.4) is 0 Å². The van der Waals surface area contributed by atoms with Crippen molar-refractivity contribution in [2.24, 2.45) is 0 Å². The van der Waals surface area contributed by atoms with Gasteiger partial charge in [-0.1, -0.05) is 24.6 Å². The third kappa shape index (κ3) is 3.29. The van der Waals surface area contributed by atoms with Crippen molar-refractivity contribution in [3.8, 4) is 0 Å². The second kappa shape index (κ2) is 6.24. The van der Waals surface area contributed by atoms with E-state index in [0.29, 0.717) is 6.42 Å². The van der Waals surface area contributed by atoms with Crippen LogP contribution in [0.4, 0.5) is 11.4 Å². The standard InChI is InChI=1S/C14H15ClN2O2S/c1-3-10-4-5-12(7-13(10)17(18)19)16-9(2)11-6-14(15)20-8-11/h4-9,16H,3H2,1-2H3. The predicted molar refractivity (Wildman–Crippen MR) is 83.8 cm³/mol. The first-order valence-corrected chi connectivity index (χ1v) is 7.54. The molecule has 0 aliphatic heterocycles. The van der Waals surface area contributed by atoms with Crippen molar-refractivity contribution >= 4 is 34.3 Å². The molecule has 0 saturated heterocycles. The summed E-state index contributed by atoms with van der Waals surface area (Å²) in [4.78, 5) is 10.7. The zero-order valence-electron chi connectivity index (χ0n) is 11.2. The fourth-order valence-corrected chi connectivity index (χ4v) is 2.99. The topological polar surface area (TPSA) is 55.2 Å². The summed E-state index contributed by atoms with van der Waals surface area (Å²) in [5, 5.41) is 16.3. The number of rotatable bonds is 5. The van der Waals surface area contributed by atoms with Crippen molar-refractivity contribution in [1.29, 1.82) is 0 Å². The Bertz CT molecular complexity index is 627. The van der Waals surface area contributed by atoms with Crippen LogP contribution in [0.25, 0.3) is 0 Å². The second-order valence-electron chi connectivity index (χ2n) is 4.50. The molecule has 1 unspecified atom stereocenters. The number of hydrogen-bond donors (Lipinski definition) is 1. The van der Waals surface area contributed by atoms with E-state index in [1.54, 1.807) is 12.1 Å². The Kier molecular flexibility index (Phi) is 4.62. The van der Waals surface area contributed by atoms with Crippen molar-refractivity contribution in [2.75, 3.05) is 5.32 Å². The van der Waals surface area contributed by atoms with E-state index in [4.69, 9.17) is 11.6 Å². The Hall–Kier alpha value is -1.59. The molecule has 1 N–H and O–H groups in total. The van der Waals surface area contributed by atoms with E-state index in [0.717, 1.165) is 21.2 Å². The van der Waals surface area contributed by atoms with Gasteiger partial charge in [0.15, 0.2) is 0 Å². The van der Waals surface area contributed by atoms with Crippen molar-refractivity contribution in [3.63, 3.8) is 0 Å². The number of nitrogens with zero attached hydrogens (tertiary/aromatic N) is 1. The third-order valence-electron chi connectivity index (χ3n) is 3.13. The first kappa shape index (κ1) is 14.8. The average molecular weight is 311 g/mol. The molecule has 20 heavy (non-hydrogen) atoms. The fourth-order valence-electron chi connectivity index (χ4n) is 2.01.